The van der Waals surface area contributed by atoms with Gasteiger partial charge in [-0.3, -0.25) is 0 Å². The van der Waals surface area contributed by atoms with E-state index < -0.39 is 12.1 Å². The van der Waals surface area contributed by atoms with Gasteiger partial charge in [0.15, 0.2) is 16.1 Å². The number of nitrogens with two attached hydrogens (primary N) is 1. The molecule has 0 aliphatic carbocycles. The van der Waals surface area contributed by atoms with E-state index in [-0.39, 0.29) is 27.4 Å². The molecule has 0 spiro atoms. The molecule has 6 nitrogen and oxygen atoms in total. The molecule has 0 saturated heterocycles. The number of carboxylic acids is 1. The summed E-state index contributed by atoms with van der Waals surface area (Å²) in [6.07, 6.45) is -4.29. The van der Waals surface area contributed by atoms with Crippen molar-refractivity contribution < 1.29 is 27.8 Å². The molecule has 1 heterocycles. The summed E-state index contributed by atoms with van der Waals surface area (Å²) in [6.45, 7) is 2.26. The summed E-state index contributed by atoms with van der Waals surface area (Å²) >= 11 is 17.1. The number of hydrogen-bond donors (Lipinski definition) is 2. The average Bonchev–Trinajstić information content (AvgIpc) is 2.36. The molecule has 0 radical (unpaired) electrons. The highest BCUT2D eigenvalue weighted by molar-refractivity contribution is 6.37. The lowest BCUT2D eigenvalue weighted by atomic mass is 10.3. The van der Waals surface area contributed by atoms with E-state index >= 15 is 0 Å². The Hall–Kier alpha value is -1.03. The summed E-state index contributed by atoms with van der Waals surface area (Å²) in [5, 5.41) is 7.28. The number of nitrogens with zero attached hydrogens (tertiary/aromatic N) is 2. The number of halogens is 6. The second kappa shape index (κ2) is 9.19. The summed E-state index contributed by atoms with van der Waals surface area (Å²) in [7, 11) is 0. The van der Waals surface area contributed by atoms with E-state index in [0.717, 1.165) is 6.42 Å². The Labute approximate surface area is 138 Å². The normalized spacial score (nSPS) is 12.2. The van der Waals surface area contributed by atoms with Crippen molar-refractivity contribution in [3.05, 3.63) is 15.6 Å². The first-order chi connectivity index (χ1) is 9.98. The molecule has 1 aromatic rings. The first kappa shape index (κ1) is 21.0. The molecular formula is C10H11Cl3F3N3O3. The van der Waals surface area contributed by atoms with Crippen molar-refractivity contribution in [2.75, 3.05) is 6.61 Å². The summed E-state index contributed by atoms with van der Waals surface area (Å²) < 4.78 is 37.0. The van der Waals surface area contributed by atoms with Crippen LogP contribution in [0.5, 0.6) is 5.75 Å². The first-order valence-electron chi connectivity index (χ1n) is 5.56. The molecule has 0 aliphatic heterocycles. The van der Waals surface area contributed by atoms with Gasteiger partial charge in [-0.15, -0.1) is 0 Å². The fourth-order valence-electron chi connectivity index (χ4n) is 0.801. The fraction of sp³-hybridized carbons (Fsp3) is 0.500. The van der Waals surface area contributed by atoms with Gasteiger partial charge in [0, 0.05) is 6.04 Å². The van der Waals surface area contributed by atoms with Gasteiger partial charge in [0.1, 0.15) is 6.61 Å². The van der Waals surface area contributed by atoms with E-state index in [0.29, 0.717) is 6.61 Å². The first-order valence-corrected chi connectivity index (χ1v) is 6.69. The Morgan fingerprint density at radius 1 is 1.32 bits per heavy atom. The largest absolute Gasteiger partial charge is 0.490 e. The molecular weight excluding hydrogens is 373 g/mol. The molecule has 0 unspecified atom stereocenters. The Morgan fingerprint density at radius 3 is 2.05 bits per heavy atom. The summed E-state index contributed by atoms with van der Waals surface area (Å²) in [4.78, 5) is 16.3. The second-order valence-electron chi connectivity index (χ2n) is 3.69. The van der Waals surface area contributed by atoms with Gasteiger partial charge in [-0.05, 0) is 18.0 Å². The average molecular weight is 385 g/mol. The van der Waals surface area contributed by atoms with Crippen LogP contribution in [0.4, 0.5) is 13.2 Å². The maximum atomic E-state index is 10.6. The van der Waals surface area contributed by atoms with Crippen LogP contribution in [0.2, 0.25) is 15.6 Å². The second-order valence-corrected chi connectivity index (χ2v) is 4.74. The Morgan fingerprint density at radius 2 is 1.73 bits per heavy atom. The van der Waals surface area contributed by atoms with Gasteiger partial charge in [0.05, 0.1) is 0 Å². The predicted octanol–water partition coefficient (Wildman–Crippen LogP) is 3.19. The number of carboxylic acid groups (broad SMARTS) is 1. The Kier molecular flexibility index (Phi) is 8.76. The third-order valence-electron chi connectivity index (χ3n) is 1.96. The maximum absolute atomic E-state index is 10.6. The minimum atomic E-state index is -5.08. The summed E-state index contributed by atoms with van der Waals surface area (Å²) in [5.74, 6) is -2.54. The number of hydrogen-bond acceptors (Lipinski definition) is 5. The van der Waals surface area contributed by atoms with Gasteiger partial charge < -0.3 is 15.6 Å². The maximum Gasteiger partial charge on any atom is 0.490 e. The van der Waals surface area contributed by atoms with Crippen LogP contribution in [0.3, 0.4) is 0 Å². The molecule has 3 N–H and O–H groups in total. The minimum absolute atomic E-state index is 0.0165. The topological polar surface area (TPSA) is 98.3 Å². The summed E-state index contributed by atoms with van der Waals surface area (Å²) in [5.41, 5.74) is 5.67. The standard InChI is InChI=1S/C8H10Cl3N3O.C2HF3O2/c1-2-4(12)3-15-5-6(9)13-8(11)14-7(5)10;3-2(4,5)1(6)7/h4H,2-3,12H2,1H3;(H,6,7)/t4-;/m1./s1. The molecule has 1 atom stereocenters. The van der Waals surface area contributed by atoms with E-state index in [4.69, 9.17) is 55.2 Å². The molecule has 0 aliphatic rings. The number of ether oxygens (including phenoxy) is 1. The molecule has 1 rings (SSSR count). The van der Waals surface area contributed by atoms with Crippen LogP contribution >= 0.6 is 34.8 Å². The molecule has 1 aromatic heterocycles. The van der Waals surface area contributed by atoms with Crippen LogP contribution in [0.25, 0.3) is 0 Å². The number of aliphatic carboxylic acids is 1. The minimum Gasteiger partial charge on any atom is -0.486 e. The molecule has 0 aromatic carbocycles. The number of alkyl halides is 3. The number of aromatic nitrogens is 2. The van der Waals surface area contributed by atoms with Crippen LogP contribution in [0.15, 0.2) is 0 Å². The van der Waals surface area contributed by atoms with E-state index in [1.807, 2.05) is 6.92 Å². The Balaban J connectivity index is 0.000000534. The van der Waals surface area contributed by atoms with Crippen LogP contribution in [-0.2, 0) is 4.79 Å². The molecule has 0 amide bonds. The van der Waals surface area contributed by atoms with E-state index in [2.05, 4.69) is 9.97 Å². The van der Waals surface area contributed by atoms with Crippen LogP contribution < -0.4 is 10.5 Å². The predicted molar refractivity (Wildman–Crippen MR) is 74.5 cm³/mol. The van der Waals surface area contributed by atoms with Gasteiger partial charge in [-0.25, -0.2) is 14.8 Å². The summed E-state index contributed by atoms with van der Waals surface area (Å²) in [6, 6.07) is -0.0761. The highest BCUT2D eigenvalue weighted by Gasteiger charge is 2.38. The lowest BCUT2D eigenvalue weighted by molar-refractivity contribution is -0.192. The fourth-order valence-corrected chi connectivity index (χ4v) is 1.55. The molecule has 0 bridgehead atoms. The third kappa shape index (κ3) is 7.83. The number of rotatable bonds is 4. The van der Waals surface area contributed by atoms with Crippen molar-refractivity contribution >= 4 is 40.8 Å². The van der Waals surface area contributed by atoms with Gasteiger partial charge in [0.2, 0.25) is 5.28 Å². The van der Waals surface area contributed by atoms with Gasteiger partial charge in [-0.1, -0.05) is 30.1 Å². The van der Waals surface area contributed by atoms with Crippen LogP contribution in [0.1, 0.15) is 13.3 Å². The van der Waals surface area contributed by atoms with E-state index in [9.17, 15) is 13.2 Å². The molecule has 0 fully saturated rings. The SMILES string of the molecule is CC[C@@H](N)COc1c(Cl)nc(Cl)nc1Cl.O=C(O)C(F)(F)F. The number of carbonyl (C=O) groups is 1. The van der Waals surface area contributed by atoms with Gasteiger partial charge in [0.25, 0.3) is 0 Å². The van der Waals surface area contributed by atoms with Gasteiger partial charge >= 0.3 is 12.1 Å². The van der Waals surface area contributed by atoms with Crippen molar-refractivity contribution in [1.29, 1.82) is 0 Å². The zero-order chi connectivity index (χ0) is 17.5. The smallest absolute Gasteiger partial charge is 0.486 e. The van der Waals surface area contributed by atoms with E-state index in [1.165, 1.54) is 0 Å². The highest BCUT2D eigenvalue weighted by Crippen LogP contribution is 2.30. The molecule has 126 valence electrons. The van der Waals surface area contributed by atoms with Crippen molar-refractivity contribution in [2.45, 2.75) is 25.6 Å². The van der Waals surface area contributed by atoms with Crippen LogP contribution in [-0.4, -0.2) is 39.9 Å². The quantitative estimate of drug-likeness (QED) is 0.611. The molecule has 22 heavy (non-hydrogen) atoms. The van der Waals surface area contributed by atoms with Crippen molar-refractivity contribution in [2.24, 2.45) is 5.73 Å². The third-order valence-corrected chi connectivity index (χ3v) is 2.65. The van der Waals surface area contributed by atoms with Gasteiger partial charge in [-0.2, -0.15) is 13.2 Å². The van der Waals surface area contributed by atoms with Crippen molar-refractivity contribution in [1.82, 2.24) is 9.97 Å². The lowest BCUT2D eigenvalue weighted by Crippen LogP contribution is -2.26. The van der Waals surface area contributed by atoms with Crippen molar-refractivity contribution in [3.8, 4) is 5.75 Å². The monoisotopic (exact) mass is 383 g/mol. The van der Waals surface area contributed by atoms with E-state index in [1.54, 1.807) is 0 Å². The zero-order valence-electron chi connectivity index (χ0n) is 11.0. The Bertz CT molecular complexity index is 494. The zero-order valence-corrected chi connectivity index (χ0v) is 13.3. The molecule has 0 saturated carbocycles. The molecule has 12 heteroatoms. The lowest BCUT2D eigenvalue weighted by Gasteiger charge is -2.12. The van der Waals surface area contributed by atoms with Crippen LogP contribution in [0, 0.1) is 0 Å². The van der Waals surface area contributed by atoms with Crippen molar-refractivity contribution in [3.63, 3.8) is 0 Å². The highest BCUT2D eigenvalue weighted by atomic mass is 35.5.